The average Bonchev–Trinajstić information content (AvgIpc) is 2.77. The van der Waals surface area contributed by atoms with Gasteiger partial charge in [-0.05, 0) is 6.42 Å². The maximum absolute atomic E-state index is 4.93. The number of hydrogen-bond acceptors (Lipinski definition) is 1. The maximum atomic E-state index is 4.93. The second-order valence-electron chi connectivity index (χ2n) is 4.52. The predicted molar refractivity (Wildman–Crippen MR) is 79.6 cm³/mol. The van der Waals surface area contributed by atoms with Gasteiger partial charge < -0.3 is 4.90 Å². The van der Waals surface area contributed by atoms with Crippen LogP contribution in [0.3, 0.4) is 0 Å². The van der Waals surface area contributed by atoms with Crippen LogP contribution in [0.5, 0.6) is 0 Å². The fraction of sp³-hybridized carbons (Fsp3) is 0.200. The van der Waals surface area contributed by atoms with Crippen molar-refractivity contribution in [3.05, 3.63) is 53.6 Å². The molecule has 0 atom stereocenters. The molecule has 0 spiro atoms. The summed E-state index contributed by atoms with van der Waals surface area (Å²) < 4.78 is 0. The number of nitrogens with zero attached hydrogens (tertiary/aromatic N) is 1. The minimum atomic E-state index is -0.826. The third-order valence-corrected chi connectivity index (χ3v) is 3.19. The molecule has 0 bridgehead atoms. The second-order valence-corrected chi connectivity index (χ2v) is 8.25. The fourth-order valence-corrected chi connectivity index (χ4v) is 2.45. The minimum absolute atomic E-state index is 0.826. The molecule has 98 valence electrons. The van der Waals surface area contributed by atoms with Crippen LogP contribution in [0.2, 0.25) is 0 Å². The van der Waals surface area contributed by atoms with Crippen LogP contribution >= 0.6 is 17.0 Å². The molecule has 0 aromatic heterocycles. The molecule has 1 aliphatic rings. The summed E-state index contributed by atoms with van der Waals surface area (Å²) in [5.74, 6) is 0. The molecule has 0 fully saturated rings. The van der Waals surface area contributed by atoms with E-state index >= 15 is 0 Å². The van der Waals surface area contributed by atoms with E-state index in [1.165, 1.54) is 27.9 Å². The summed E-state index contributed by atoms with van der Waals surface area (Å²) in [6, 6.07) is 16.2. The molecule has 1 nitrogen and oxygen atoms in total. The van der Waals surface area contributed by atoms with Crippen LogP contribution < -0.4 is 4.90 Å². The molecule has 0 amide bonds. The number of benzene rings is 2. The van der Waals surface area contributed by atoms with Crippen LogP contribution in [0.4, 0.5) is 5.69 Å². The first kappa shape index (κ1) is 15.1. The van der Waals surface area contributed by atoms with E-state index in [0.717, 1.165) is 6.42 Å². The van der Waals surface area contributed by atoms with Gasteiger partial charge in [0.15, 0.2) is 0 Å². The van der Waals surface area contributed by atoms with Crippen molar-refractivity contribution in [3.63, 3.8) is 0 Å². The van der Waals surface area contributed by atoms with Gasteiger partial charge >= 0.3 is 37.9 Å². The number of rotatable bonds is 1. The van der Waals surface area contributed by atoms with Gasteiger partial charge in [-0.3, -0.25) is 0 Å². The van der Waals surface area contributed by atoms with Crippen LogP contribution in [0.1, 0.15) is 11.1 Å². The van der Waals surface area contributed by atoms with E-state index in [4.69, 9.17) is 17.0 Å². The van der Waals surface area contributed by atoms with Crippen molar-refractivity contribution < 1.29 is 20.8 Å². The molecule has 0 heterocycles. The van der Waals surface area contributed by atoms with Crippen molar-refractivity contribution in [2.75, 3.05) is 19.0 Å². The topological polar surface area (TPSA) is 3.24 Å². The first-order chi connectivity index (χ1) is 9.19. The van der Waals surface area contributed by atoms with E-state index in [9.17, 15) is 0 Å². The number of fused-ring (bicyclic) bond motifs is 3. The van der Waals surface area contributed by atoms with Gasteiger partial charge in [-0.15, -0.1) is 17.2 Å². The molecule has 0 N–H and O–H groups in total. The van der Waals surface area contributed by atoms with Gasteiger partial charge in [-0.25, -0.2) is 0 Å². The van der Waals surface area contributed by atoms with E-state index in [1.807, 2.05) is 6.07 Å². The summed E-state index contributed by atoms with van der Waals surface area (Å²) in [7, 11) is 14.1. The van der Waals surface area contributed by atoms with E-state index in [0.29, 0.717) is 0 Å². The molecule has 0 unspecified atom stereocenters. The van der Waals surface area contributed by atoms with Gasteiger partial charge in [0.05, 0.1) is 0 Å². The summed E-state index contributed by atoms with van der Waals surface area (Å²) in [6.45, 7) is 0. The van der Waals surface area contributed by atoms with Crippen molar-refractivity contribution >= 4 is 22.7 Å². The Bertz CT molecular complexity index is 570. The fourth-order valence-electron chi connectivity index (χ4n) is 2.45. The van der Waals surface area contributed by atoms with E-state index in [1.54, 1.807) is 0 Å². The Kier molecular flexibility index (Phi) is 5.50. The number of halogens is 2. The zero-order chi connectivity index (χ0) is 13.8. The molecule has 0 saturated carbocycles. The van der Waals surface area contributed by atoms with Gasteiger partial charge in [0.25, 0.3) is 0 Å². The molecular weight excluding hydrogens is 356 g/mol. The number of anilines is 1. The zero-order valence-corrected chi connectivity index (χ0v) is 14.8. The molecule has 0 saturated heterocycles. The second kappa shape index (κ2) is 6.93. The Morgan fingerprint density at radius 2 is 1.84 bits per heavy atom. The molecule has 1 aliphatic carbocycles. The van der Waals surface area contributed by atoms with Crippen LogP contribution in [0, 0.1) is 6.07 Å². The molecule has 0 aliphatic heterocycles. The van der Waals surface area contributed by atoms with Crippen molar-refractivity contribution in [3.8, 4) is 11.1 Å². The number of hydrogen-bond donors (Lipinski definition) is 0. The van der Waals surface area contributed by atoms with Gasteiger partial charge in [-0.1, -0.05) is 41.1 Å². The summed E-state index contributed by atoms with van der Waals surface area (Å²) in [5.41, 5.74) is 6.77. The Morgan fingerprint density at radius 3 is 2.53 bits per heavy atom. The van der Waals surface area contributed by atoms with E-state index < -0.39 is 20.8 Å². The SMILES string of the molecule is CN(C)c1cc[c-]c2c1-c1ccccc1C2.[Cl][Zr][Cl]. The van der Waals surface area contributed by atoms with Crippen molar-refractivity contribution in [1.82, 2.24) is 0 Å². The van der Waals surface area contributed by atoms with Gasteiger partial charge in [-0.2, -0.15) is 12.1 Å². The van der Waals surface area contributed by atoms with Crippen LogP contribution in [0.25, 0.3) is 11.1 Å². The molecular formula is C15H14Cl2NZr-. The summed E-state index contributed by atoms with van der Waals surface area (Å²) in [6.07, 6.45) is 1.02. The summed E-state index contributed by atoms with van der Waals surface area (Å²) in [4.78, 5) is 2.18. The third-order valence-electron chi connectivity index (χ3n) is 3.19. The standard InChI is InChI=1S/C15H14N.2ClH.Zr/c1-16(2)14-9-5-7-12-10-11-6-3-4-8-13(11)15(12)14;;;/h3-6,8-9H,10H2,1-2H3;2*1H;/q-1;;;+2/p-2. The first-order valence-corrected chi connectivity index (χ1v) is 12.3. The van der Waals surface area contributed by atoms with Crippen LogP contribution in [-0.2, 0) is 27.3 Å². The molecule has 19 heavy (non-hydrogen) atoms. The van der Waals surface area contributed by atoms with Crippen molar-refractivity contribution in [2.45, 2.75) is 6.42 Å². The van der Waals surface area contributed by atoms with Gasteiger partial charge in [0, 0.05) is 14.1 Å². The van der Waals surface area contributed by atoms with Crippen molar-refractivity contribution in [2.24, 2.45) is 0 Å². The molecule has 0 radical (unpaired) electrons. The van der Waals surface area contributed by atoms with E-state index in [2.05, 4.69) is 55.4 Å². The Morgan fingerprint density at radius 1 is 1.16 bits per heavy atom. The predicted octanol–water partition coefficient (Wildman–Crippen LogP) is 4.50. The monoisotopic (exact) mass is 368 g/mol. The first-order valence-electron chi connectivity index (χ1n) is 5.94. The normalized spacial score (nSPS) is 10.9. The summed E-state index contributed by atoms with van der Waals surface area (Å²) in [5, 5.41) is 0. The van der Waals surface area contributed by atoms with Gasteiger partial charge in [0.1, 0.15) is 0 Å². The van der Waals surface area contributed by atoms with Crippen LogP contribution in [0.15, 0.2) is 36.4 Å². The Balaban J connectivity index is 0.000000408. The zero-order valence-electron chi connectivity index (χ0n) is 10.9. The van der Waals surface area contributed by atoms with E-state index in [-0.39, 0.29) is 0 Å². The quantitative estimate of drug-likeness (QED) is 0.570. The average molecular weight is 370 g/mol. The molecule has 2 aromatic rings. The van der Waals surface area contributed by atoms with Crippen molar-refractivity contribution in [1.29, 1.82) is 0 Å². The van der Waals surface area contributed by atoms with Gasteiger partial charge in [0.2, 0.25) is 0 Å². The molecule has 4 heteroatoms. The van der Waals surface area contributed by atoms with Crippen LogP contribution in [-0.4, -0.2) is 14.1 Å². The third kappa shape index (κ3) is 3.24. The summed E-state index contributed by atoms with van der Waals surface area (Å²) >= 11 is -0.826. The Labute approximate surface area is 133 Å². The Hall–Kier alpha value is -0.297. The molecule has 3 rings (SSSR count). The molecule has 2 aromatic carbocycles.